The van der Waals surface area contributed by atoms with Crippen LogP contribution < -0.4 is 5.32 Å². The Morgan fingerprint density at radius 1 is 1.24 bits per heavy atom. The second-order valence-corrected chi connectivity index (χ2v) is 9.29. The van der Waals surface area contributed by atoms with Gasteiger partial charge in [-0.2, -0.15) is 11.8 Å². The molecule has 1 aromatic carbocycles. The zero-order valence-electron chi connectivity index (χ0n) is 17.7. The maximum absolute atomic E-state index is 6.11. The van der Waals surface area contributed by atoms with E-state index in [4.69, 9.17) is 9.47 Å². The Bertz CT molecular complexity index is 702. The lowest BCUT2D eigenvalue weighted by Gasteiger charge is -2.44. The zero-order chi connectivity index (χ0) is 20.1. The normalized spacial score (nSPS) is 29.2. The molecule has 0 aliphatic carbocycles. The van der Waals surface area contributed by atoms with Crippen molar-refractivity contribution in [2.24, 2.45) is 4.99 Å². The van der Waals surface area contributed by atoms with Crippen LogP contribution in [0.1, 0.15) is 23.7 Å². The van der Waals surface area contributed by atoms with Crippen LogP contribution in [-0.2, 0) is 9.47 Å². The van der Waals surface area contributed by atoms with E-state index in [-0.39, 0.29) is 11.6 Å². The van der Waals surface area contributed by atoms with E-state index in [9.17, 15) is 0 Å². The topological polar surface area (TPSA) is 49.3 Å². The minimum absolute atomic E-state index is 0.0961. The predicted molar refractivity (Wildman–Crippen MR) is 120 cm³/mol. The SMILES string of the molecule is CN=C(NCC1(N2CCOCC2)CCSC1)N1CCOC(c2ccccc2C)C1. The molecule has 0 saturated carbocycles. The van der Waals surface area contributed by atoms with Crippen LogP contribution in [0.5, 0.6) is 0 Å². The fourth-order valence-electron chi connectivity index (χ4n) is 4.69. The lowest BCUT2D eigenvalue weighted by molar-refractivity contribution is -0.0151. The Kier molecular flexibility index (Phi) is 7.00. The summed E-state index contributed by atoms with van der Waals surface area (Å²) in [6, 6.07) is 8.53. The van der Waals surface area contributed by atoms with Gasteiger partial charge in [-0.3, -0.25) is 9.89 Å². The van der Waals surface area contributed by atoms with E-state index < -0.39 is 0 Å². The first-order valence-corrected chi connectivity index (χ1v) is 11.9. The molecule has 3 heterocycles. The highest BCUT2D eigenvalue weighted by atomic mass is 32.2. The van der Waals surface area contributed by atoms with Gasteiger partial charge >= 0.3 is 0 Å². The molecule has 1 N–H and O–H groups in total. The molecule has 3 aliphatic heterocycles. The maximum atomic E-state index is 6.11. The predicted octanol–water partition coefficient (Wildman–Crippen LogP) is 2.15. The quantitative estimate of drug-likeness (QED) is 0.597. The average molecular weight is 419 g/mol. The van der Waals surface area contributed by atoms with E-state index in [0.29, 0.717) is 0 Å². The maximum Gasteiger partial charge on any atom is 0.193 e. The lowest BCUT2D eigenvalue weighted by atomic mass is 9.95. The molecule has 3 saturated heterocycles. The van der Waals surface area contributed by atoms with Crippen molar-refractivity contribution in [2.45, 2.75) is 25.0 Å². The monoisotopic (exact) mass is 418 g/mol. The van der Waals surface area contributed by atoms with Gasteiger partial charge in [-0.05, 0) is 30.2 Å². The first kappa shape index (κ1) is 21.0. The molecule has 4 rings (SSSR count). The molecule has 1 aromatic rings. The summed E-state index contributed by atoms with van der Waals surface area (Å²) in [6.45, 7) is 9.32. The molecule has 2 atom stereocenters. The second kappa shape index (κ2) is 9.69. The number of benzene rings is 1. The van der Waals surface area contributed by atoms with Crippen LogP contribution in [0.15, 0.2) is 29.3 Å². The van der Waals surface area contributed by atoms with Crippen LogP contribution in [0, 0.1) is 6.92 Å². The zero-order valence-corrected chi connectivity index (χ0v) is 18.5. The third kappa shape index (κ3) is 4.74. The van der Waals surface area contributed by atoms with Crippen LogP contribution >= 0.6 is 11.8 Å². The van der Waals surface area contributed by atoms with Crippen molar-refractivity contribution in [2.75, 3.05) is 71.1 Å². The molecule has 0 spiro atoms. The van der Waals surface area contributed by atoms with Gasteiger partial charge in [-0.1, -0.05) is 24.3 Å². The van der Waals surface area contributed by atoms with Gasteiger partial charge in [0.1, 0.15) is 6.10 Å². The van der Waals surface area contributed by atoms with Crippen LogP contribution in [-0.4, -0.2) is 92.4 Å². The van der Waals surface area contributed by atoms with Crippen molar-refractivity contribution in [1.82, 2.24) is 15.1 Å². The second-order valence-electron chi connectivity index (χ2n) is 8.19. The van der Waals surface area contributed by atoms with Crippen LogP contribution in [0.2, 0.25) is 0 Å². The highest BCUT2D eigenvalue weighted by Crippen LogP contribution is 2.34. The number of aliphatic imine (C=N–C) groups is 1. The smallest absolute Gasteiger partial charge is 0.193 e. The minimum Gasteiger partial charge on any atom is -0.379 e. The summed E-state index contributed by atoms with van der Waals surface area (Å²) in [7, 11) is 1.89. The molecular weight excluding hydrogens is 384 g/mol. The molecule has 3 fully saturated rings. The number of rotatable bonds is 4. The Morgan fingerprint density at radius 3 is 2.79 bits per heavy atom. The van der Waals surface area contributed by atoms with Crippen LogP contribution in [0.4, 0.5) is 0 Å². The van der Waals surface area contributed by atoms with E-state index in [1.807, 2.05) is 7.05 Å². The number of nitrogens with one attached hydrogen (secondary N) is 1. The van der Waals surface area contributed by atoms with Gasteiger partial charge in [-0.15, -0.1) is 0 Å². The molecular formula is C22H34N4O2S. The van der Waals surface area contributed by atoms with Crippen molar-refractivity contribution >= 4 is 17.7 Å². The summed E-state index contributed by atoms with van der Waals surface area (Å²) >= 11 is 2.07. The highest BCUT2D eigenvalue weighted by molar-refractivity contribution is 7.99. The molecule has 3 aliphatic rings. The van der Waals surface area contributed by atoms with E-state index in [2.05, 4.69) is 63.1 Å². The number of nitrogens with zero attached hydrogens (tertiary/aromatic N) is 3. The number of hydrogen-bond donors (Lipinski definition) is 1. The van der Waals surface area contributed by atoms with E-state index in [1.165, 1.54) is 29.1 Å². The van der Waals surface area contributed by atoms with Gasteiger partial charge < -0.3 is 19.7 Å². The van der Waals surface area contributed by atoms with Crippen molar-refractivity contribution in [3.05, 3.63) is 35.4 Å². The molecule has 6 nitrogen and oxygen atoms in total. The Balaban J connectivity index is 1.41. The van der Waals surface area contributed by atoms with E-state index in [1.54, 1.807) is 0 Å². The summed E-state index contributed by atoms with van der Waals surface area (Å²) in [5.41, 5.74) is 2.78. The van der Waals surface area contributed by atoms with Gasteiger partial charge in [0.05, 0.1) is 26.4 Å². The lowest BCUT2D eigenvalue weighted by Crippen LogP contribution is -2.60. The first-order chi connectivity index (χ1) is 14.2. The standard InChI is InChI=1S/C22H34N4O2S/c1-18-5-3-4-6-19(18)20-15-25(8-13-28-20)21(23-2)24-16-22(7-14-29-17-22)26-9-11-27-12-10-26/h3-6,20H,7-17H2,1-2H3,(H,23,24). The molecule has 0 radical (unpaired) electrons. The molecule has 0 bridgehead atoms. The summed E-state index contributed by atoms with van der Waals surface area (Å²) < 4.78 is 11.7. The van der Waals surface area contributed by atoms with Crippen molar-refractivity contribution in [3.63, 3.8) is 0 Å². The fourth-order valence-corrected chi connectivity index (χ4v) is 6.17. The summed E-state index contributed by atoms with van der Waals surface area (Å²) in [5.74, 6) is 3.42. The Labute approximate surface area is 179 Å². The van der Waals surface area contributed by atoms with Gasteiger partial charge in [-0.25, -0.2) is 0 Å². The molecule has 160 valence electrons. The number of hydrogen-bond acceptors (Lipinski definition) is 5. The minimum atomic E-state index is 0.0961. The van der Waals surface area contributed by atoms with Crippen LogP contribution in [0.3, 0.4) is 0 Å². The van der Waals surface area contributed by atoms with Gasteiger partial charge in [0, 0.05) is 44.5 Å². The Morgan fingerprint density at radius 2 is 2.07 bits per heavy atom. The number of morpholine rings is 2. The average Bonchev–Trinajstić information content (AvgIpc) is 3.26. The number of thioether (sulfide) groups is 1. The largest absolute Gasteiger partial charge is 0.379 e. The summed E-state index contributed by atoms with van der Waals surface area (Å²) in [4.78, 5) is 9.63. The highest BCUT2D eigenvalue weighted by Gasteiger charge is 2.41. The molecule has 0 amide bonds. The fraction of sp³-hybridized carbons (Fsp3) is 0.682. The van der Waals surface area contributed by atoms with Crippen molar-refractivity contribution in [3.8, 4) is 0 Å². The number of aryl methyl sites for hydroxylation is 1. The van der Waals surface area contributed by atoms with Crippen molar-refractivity contribution in [1.29, 1.82) is 0 Å². The Hall–Kier alpha value is -1.28. The molecule has 0 aromatic heterocycles. The van der Waals surface area contributed by atoms with E-state index >= 15 is 0 Å². The third-order valence-corrected chi connectivity index (χ3v) is 7.69. The van der Waals surface area contributed by atoms with E-state index in [0.717, 1.165) is 58.5 Å². The van der Waals surface area contributed by atoms with Crippen LogP contribution in [0.25, 0.3) is 0 Å². The first-order valence-electron chi connectivity index (χ1n) is 10.8. The third-order valence-electron chi connectivity index (χ3n) is 6.45. The molecule has 29 heavy (non-hydrogen) atoms. The number of ether oxygens (including phenoxy) is 2. The summed E-state index contributed by atoms with van der Waals surface area (Å²) in [6.07, 6.45) is 1.33. The van der Waals surface area contributed by atoms with Gasteiger partial charge in [0.15, 0.2) is 5.96 Å². The molecule has 7 heteroatoms. The van der Waals surface area contributed by atoms with Gasteiger partial charge in [0.2, 0.25) is 0 Å². The van der Waals surface area contributed by atoms with Gasteiger partial charge in [0.25, 0.3) is 0 Å². The number of guanidine groups is 1. The molecule has 2 unspecified atom stereocenters. The summed E-state index contributed by atoms with van der Waals surface area (Å²) in [5, 5.41) is 3.73. The van der Waals surface area contributed by atoms with Crippen molar-refractivity contribution < 1.29 is 9.47 Å².